The van der Waals surface area contributed by atoms with E-state index < -0.39 is 6.03 Å². The Morgan fingerprint density at radius 2 is 1.93 bits per heavy atom. The Morgan fingerprint density at radius 1 is 1.15 bits per heavy atom. The van der Waals surface area contributed by atoms with Gasteiger partial charge in [0.2, 0.25) is 5.91 Å². The van der Waals surface area contributed by atoms with Gasteiger partial charge in [-0.15, -0.1) is 10.2 Å². The van der Waals surface area contributed by atoms with Crippen molar-refractivity contribution in [3.8, 4) is 0 Å². The number of rotatable bonds is 11. The molecule has 0 bridgehead atoms. The van der Waals surface area contributed by atoms with Crippen LogP contribution in [0.25, 0.3) is 0 Å². The highest BCUT2D eigenvalue weighted by molar-refractivity contribution is 9.10. The maximum absolute atomic E-state index is 13.3. The molecular weight excluding hydrogens is 580 g/mol. The average molecular weight is 614 g/mol. The Bertz CT molecular complexity index is 1320. The molecule has 13 heteroatoms. The molecule has 0 aliphatic carbocycles. The summed E-state index contributed by atoms with van der Waals surface area (Å²) in [5, 5.41) is 15.1. The fraction of sp³-hybridized carbons (Fsp3) is 0.407. The summed E-state index contributed by atoms with van der Waals surface area (Å²) in [6.07, 6.45) is 1.87. The number of carbonyl (C=O) groups is 3. The van der Waals surface area contributed by atoms with Crippen LogP contribution >= 0.6 is 15.9 Å². The van der Waals surface area contributed by atoms with E-state index in [1.165, 1.54) is 9.70 Å². The van der Waals surface area contributed by atoms with E-state index in [1.54, 1.807) is 19.1 Å². The second-order valence-corrected chi connectivity index (χ2v) is 10.2. The van der Waals surface area contributed by atoms with Crippen molar-refractivity contribution < 1.29 is 19.1 Å². The molecule has 1 unspecified atom stereocenters. The summed E-state index contributed by atoms with van der Waals surface area (Å²) in [5.41, 5.74) is 8.33. The molecule has 212 valence electrons. The van der Waals surface area contributed by atoms with Crippen LogP contribution in [0.2, 0.25) is 0 Å². The number of aromatic nitrogens is 4. The zero-order valence-corrected chi connectivity index (χ0v) is 23.9. The monoisotopic (exact) mass is 612 g/mol. The van der Waals surface area contributed by atoms with Gasteiger partial charge in [-0.25, -0.2) is 4.79 Å². The highest BCUT2D eigenvalue weighted by atomic mass is 79.9. The van der Waals surface area contributed by atoms with Gasteiger partial charge in [-0.05, 0) is 54.3 Å². The number of anilines is 1. The fourth-order valence-electron chi connectivity index (χ4n) is 4.57. The van der Waals surface area contributed by atoms with E-state index in [0.717, 1.165) is 28.4 Å². The number of nitrogens with one attached hydrogen (secondary N) is 1. The molecule has 1 atom stereocenters. The first-order valence-corrected chi connectivity index (χ1v) is 14.0. The van der Waals surface area contributed by atoms with E-state index in [9.17, 15) is 14.4 Å². The van der Waals surface area contributed by atoms with Crippen molar-refractivity contribution in [1.29, 1.82) is 0 Å². The fourth-order valence-corrected chi connectivity index (χ4v) is 5.12. The molecule has 1 aliphatic rings. The smallest absolute Gasteiger partial charge is 0.318 e. The first-order valence-electron chi connectivity index (χ1n) is 13.2. The lowest BCUT2D eigenvalue weighted by atomic mass is 10.0. The molecule has 0 saturated carbocycles. The highest BCUT2D eigenvalue weighted by Crippen LogP contribution is 2.35. The van der Waals surface area contributed by atoms with Crippen LogP contribution in [-0.4, -0.2) is 67.6 Å². The Labute approximate surface area is 241 Å². The number of aryl methyl sites for hydroxylation is 1. The standard InChI is InChI=1S/C27H33BrN8O4/c1-2-40-26(38)13-15-36-32-24(31-33-36)18-34(17-19-9-11-20(29)12-10-19)27(39)30-16-25(37)35-14-5-8-23(35)21-6-3-4-7-22(21)28/h3-4,6-7,9-12,23H,2,5,8,13-18,29H2,1H3,(H,30,39). The van der Waals surface area contributed by atoms with Crippen LogP contribution in [0.4, 0.5) is 10.5 Å². The second-order valence-electron chi connectivity index (χ2n) is 9.38. The third-order valence-electron chi connectivity index (χ3n) is 6.52. The Kier molecular flexibility index (Phi) is 10.1. The van der Waals surface area contributed by atoms with Gasteiger partial charge in [0, 0.05) is 23.2 Å². The van der Waals surface area contributed by atoms with Crippen LogP contribution in [-0.2, 0) is 34.0 Å². The first kappa shape index (κ1) is 29.0. The van der Waals surface area contributed by atoms with Gasteiger partial charge in [0.1, 0.15) is 0 Å². The maximum atomic E-state index is 13.3. The molecule has 1 aromatic heterocycles. The number of ether oxygens (including phenoxy) is 1. The van der Waals surface area contributed by atoms with Crippen molar-refractivity contribution in [1.82, 2.24) is 35.3 Å². The maximum Gasteiger partial charge on any atom is 0.318 e. The third kappa shape index (κ3) is 7.78. The number of hydrogen-bond donors (Lipinski definition) is 2. The van der Waals surface area contributed by atoms with E-state index in [1.807, 2.05) is 41.3 Å². The molecule has 4 rings (SSSR count). The van der Waals surface area contributed by atoms with E-state index in [0.29, 0.717) is 24.7 Å². The number of tetrazole rings is 1. The largest absolute Gasteiger partial charge is 0.466 e. The van der Waals surface area contributed by atoms with E-state index in [2.05, 4.69) is 36.7 Å². The molecule has 0 spiro atoms. The van der Waals surface area contributed by atoms with Crippen molar-refractivity contribution in [2.75, 3.05) is 25.4 Å². The number of nitrogens with two attached hydrogens (primary N) is 1. The van der Waals surface area contributed by atoms with Gasteiger partial charge in [-0.3, -0.25) is 9.59 Å². The number of benzene rings is 2. The number of esters is 1. The van der Waals surface area contributed by atoms with Gasteiger partial charge in [0.05, 0.1) is 38.7 Å². The lowest BCUT2D eigenvalue weighted by Gasteiger charge is -2.27. The van der Waals surface area contributed by atoms with Crippen molar-refractivity contribution in [3.05, 3.63) is 70.0 Å². The topological polar surface area (TPSA) is 149 Å². The summed E-state index contributed by atoms with van der Waals surface area (Å²) in [6, 6.07) is 14.6. The predicted octanol–water partition coefficient (Wildman–Crippen LogP) is 3.05. The van der Waals surface area contributed by atoms with Crippen molar-refractivity contribution >= 4 is 39.5 Å². The number of urea groups is 1. The minimum absolute atomic E-state index is 0.0419. The van der Waals surface area contributed by atoms with E-state index >= 15 is 0 Å². The number of nitrogen functional groups attached to an aromatic ring is 1. The molecule has 1 saturated heterocycles. The predicted molar refractivity (Wildman–Crippen MR) is 150 cm³/mol. The van der Waals surface area contributed by atoms with Gasteiger partial charge in [0.15, 0.2) is 5.82 Å². The Morgan fingerprint density at radius 3 is 2.67 bits per heavy atom. The minimum atomic E-state index is -0.440. The number of halogens is 1. The lowest BCUT2D eigenvalue weighted by Crippen LogP contribution is -2.45. The van der Waals surface area contributed by atoms with Gasteiger partial charge in [0.25, 0.3) is 0 Å². The van der Waals surface area contributed by atoms with Crippen LogP contribution in [0.3, 0.4) is 0 Å². The van der Waals surface area contributed by atoms with E-state index in [-0.39, 0.29) is 50.5 Å². The van der Waals surface area contributed by atoms with Gasteiger partial charge >= 0.3 is 12.0 Å². The van der Waals surface area contributed by atoms with Crippen LogP contribution < -0.4 is 11.1 Å². The Hall–Kier alpha value is -4.00. The average Bonchev–Trinajstić information content (AvgIpc) is 3.61. The molecule has 12 nitrogen and oxygen atoms in total. The molecule has 1 fully saturated rings. The second kappa shape index (κ2) is 13.9. The quantitative estimate of drug-likeness (QED) is 0.248. The number of carbonyl (C=O) groups excluding carboxylic acids is 3. The summed E-state index contributed by atoms with van der Waals surface area (Å²) >= 11 is 3.59. The molecule has 2 heterocycles. The van der Waals surface area contributed by atoms with Crippen LogP contribution in [0.1, 0.15) is 49.2 Å². The molecule has 0 radical (unpaired) electrons. The van der Waals surface area contributed by atoms with Gasteiger partial charge < -0.3 is 25.6 Å². The molecule has 2 aromatic carbocycles. The van der Waals surface area contributed by atoms with Crippen molar-refractivity contribution in [2.24, 2.45) is 0 Å². The summed E-state index contributed by atoms with van der Waals surface area (Å²) in [5.74, 6) is -0.202. The Balaban J connectivity index is 1.40. The molecule has 3 aromatic rings. The first-order chi connectivity index (χ1) is 19.3. The molecule has 1 aliphatic heterocycles. The third-order valence-corrected chi connectivity index (χ3v) is 7.24. The number of amides is 3. The summed E-state index contributed by atoms with van der Waals surface area (Å²) < 4.78 is 5.89. The number of nitrogens with zero attached hydrogens (tertiary/aromatic N) is 6. The zero-order valence-electron chi connectivity index (χ0n) is 22.3. The number of likely N-dealkylation sites (tertiary alicyclic amines) is 1. The van der Waals surface area contributed by atoms with Crippen molar-refractivity contribution in [2.45, 2.75) is 51.9 Å². The van der Waals surface area contributed by atoms with Gasteiger partial charge in [-0.1, -0.05) is 46.3 Å². The summed E-state index contributed by atoms with van der Waals surface area (Å²) in [4.78, 5) is 42.8. The highest BCUT2D eigenvalue weighted by Gasteiger charge is 2.31. The SMILES string of the molecule is CCOC(=O)CCn1nnc(CN(Cc2ccc(N)cc2)C(=O)NCC(=O)N2CCCC2c2ccccc2Br)n1. The summed E-state index contributed by atoms with van der Waals surface area (Å²) in [7, 11) is 0. The van der Waals surface area contributed by atoms with Crippen LogP contribution in [0.5, 0.6) is 0 Å². The summed E-state index contributed by atoms with van der Waals surface area (Å²) in [6.45, 7) is 3.03. The molecular formula is C27H33BrN8O4. The van der Waals surface area contributed by atoms with Crippen molar-refractivity contribution in [3.63, 3.8) is 0 Å². The zero-order chi connectivity index (χ0) is 28.5. The molecule has 3 amide bonds. The normalized spacial score (nSPS) is 14.7. The van der Waals surface area contributed by atoms with Crippen LogP contribution in [0.15, 0.2) is 53.0 Å². The lowest BCUT2D eigenvalue weighted by molar-refractivity contribution is -0.143. The molecule has 40 heavy (non-hydrogen) atoms. The van der Waals surface area contributed by atoms with Gasteiger partial charge in [-0.2, -0.15) is 4.80 Å². The van der Waals surface area contributed by atoms with E-state index in [4.69, 9.17) is 10.5 Å². The minimum Gasteiger partial charge on any atom is -0.466 e. The van der Waals surface area contributed by atoms with Crippen LogP contribution in [0, 0.1) is 0 Å². The molecule has 3 N–H and O–H groups in total. The number of hydrogen-bond acceptors (Lipinski definition) is 8.